The molecule has 148 valence electrons. The monoisotopic (exact) mass is 483 g/mol. The number of nitrogens with two attached hydrogens (primary N) is 1. The molecule has 0 heterocycles. The molecule has 0 amide bonds. The van der Waals surface area contributed by atoms with Gasteiger partial charge in [0.2, 0.25) is 0 Å². The first kappa shape index (κ1) is 23.4. The van der Waals surface area contributed by atoms with E-state index in [1.54, 1.807) is 0 Å². The first-order valence-electron chi connectivity index (χ1n) is 9.09. The van der Waals surface area contributed by atoms with Crippen LogP contribution in [0.3, 0.4) is 0 Å². The van der Waals surface area contributed by atoms with Gasteiger partial charge in [-0.1, -0.05) is 54.6 Å². The fourth-order valence-corrected chi connectivity index (χ4v) is 2.48. The molecule has 0 unspecified atom stereocenters. The number of nitrogens with zero attached hydrogens (tertiary/aromatic N) is 1. The molecule has 0 saturated carbocycles. The quantitative estimate of drug-likeness (QED) is 0.222. The summed E-state index contributed by atoms with van der Waals surface area (Å²) in [4.78, 5) is 4.41. The van der Waals surface area contributed by atoms with E-state index in [9.17, 15) is 0 Å². The first-order chi connectivity index (χ1) is 12.8. The van der Waals surface area contributed by atoms with Crippen LogP contribution < -0.4 is 11.1 Å². The average Bonchev–Trinajstić information content (AvgIpc) is 2.67. The third kappa shape index (κ3) is 10.3. The van der Waals surface area contributed by atoms with E-state index in [1.165, 1.54) is 5.56 Å². The smallest absolute Gasteiger partial charge is 0.188 e. The fourth-order valence-electron chi connectivity index (χ4n) is 2.48. The van der Waals surface area contributed by atoms with Crippen LogP contribution in [-0.4, -0.2) is 32.3 Å². The van der Waals surface area contributed by atoms with E-state index in [2.05, 4.69) is 34.6 Å². The maximum absolute atomic E-state index is 5.95. The van der Waals surface area contributed by atoms with Crippen LogP contribution in [0.5, 0.6) is 0 Å². The molecule has 5 nitrogen and oxygen atoms in total. The van der Waals surface area contributed by atoms with Crippen molar-refractivity contribution < 1.29 is 9.47 Å². The Hall–Kier alpha value is -1.64. The molecule has 27 heavy (non-hydrogen) atoms. The highest BCUT2D eigenvalue weighted by Crippen LogP contribution is 2.08. The minimum absolute atomic E-state index is 0. The number of guanidine groups is 1. The SMILES string of the molecule is CCOCCOCc1cccc(CN=C(N)NCCc2ccccc2)c1.I. The molecule has 0 bridgehead atoms. The number of rotatable bonds is 11. The van der Waals surface area contributed by atoms with Crippen LogP contribution in [0.15, 0.2) is 59.6 Å². The Bertz CT molecular complexity index is 665. The summed E-state index contributed by atoms with van der Waals surface area (Å²) in [6.45, 7) is 5.84. The number of aliphatic imine (C=N–C) groups is 1. The number of nitrogens with one attached hydrogen (secondary N) is 1. The van der Waals surface area contributed by atoms with E-state index in [4.69, 9.17) is 15.2 Å². The highest BCUT2D eigenvalue weighted by Gasteiger charge is 1.98. The van der Waals surface area contributed by atoms with Gasteiger partial charge >= 0.3 is 0 Å². The molecule has 3 N–H and O–H groups in total. The molecular formula is C21H30IN3O2. The van der Waals surface area contributed by atoms with Crippen molar-refractivity contribution in [3.8, 4) is 0 Å². The summed E-state index contributed by atoms with van der Waals surface area (Å²) in [5, 5.41) is 3.16. The molecule has 0 aromatic heterocycles. The van der Waals surface area contributed by atoms with Crippen molar-refractivity contribution in [3.05, 3.63) is 71.3 Å². The fraction of sp³-hybridized carbons (Fsp3) is 0.381. The summed E-state index contributed by atoms with van der Waals surface area (Å²) >= 11 is 0. The summed E-state index contributed by atoms with van der Waals surface area (Å²) in [5.74, 6) is 0.472. The van der Waals surface area contributed by atoms with Gasteiger partial charge in [-0.05, 0) is 30.0 Å². The first-order valence-corrected chi connectivity index (χ1v) is 9.09. The van der Waals surface area contributed by atoms with E-state index < -0.39 is 0 Å². The molecule has 0 aliphatic carbocycles. The van der Waals surface area contributed by atoms with Gasteiger partial charge in [0.25, 0.3) is 0 Å². The lowest BCUT2D eigenvalue weighted by Gasteiger charge is -2.07. The number of halogens is 1. The molecule has 0 fully saturated rings. The summed E-state index contributed by atoms with van der Waals surface area (Å²) in [5.41, 5.74) is 9.48. The lowest BCUT2D eigenvalue weighted by molar-refractivity contribution is 0.0453. The number of hydrogen-bond acceptors (Lipinski definition) is 3. The molecule has 0 spiro atoms. The maximum Gasteiger partial charge on any atom is 0.188 e. The van der Waals surface area contributed by atoms with Gasteiger partial charge in [0.05, 0.1) is 26.4 Å². The summed E-state index contributed by atoms with van der Waals surface area (Å²) < 4.78 is 10.9. The summed E-state index contributed by atoms with van der Waals surface area (Å²) in [6, 6.07) is 18.5. The van der Waals surface area contributed by atoms with Crippen molar-refractivity contribution in [2.24, 2.45) is 10.7 Å². The van der Waals surface area contributed by atoms with E-state index in [1.807, 2.05) is 37.3 Å². The van der Waals surface area contributed by atoms with E-state index in [0.717, 1.165) is 30.7 Å². The second kappa shape index (κ2) is 14.4. The minimum Gasteiger partial charge on any atom is -0.379 e. The van der Waals surface area contributed by atoms with Gasteiger partial charge in [0.1, 0.15) is 0 Å². The molecule has 2 aromatic rings. The third-order valence-electron chi connectivity index (χ3n) is 3.83. The molecule has 0 aliphatic heterocycles. The Morgan fingerprint density at radius 3 is 2.44 bits per heavy atom. The van der Waals surface area contributed by atoms with Gasteiger partial charge in [-0.15, -0.1) is 24.0 Å². The van der Waals surface area contributed by atoms with Gasteiger partial charge in [0.15, 0.2) is 5.96 Å². The zero-order valence-electron chi connectivity index (χ0n) is 15.9. The van der Waals surface area contributed by atoms with Crippen LogP contribution in [0.2, 0.25) is 0 Å². The molecule has 0 atom stereocenters. The van der Waals surface area contributed by atoms with Crippen LogP contribution in [0.4, 0.5) is 0 Å². The van der Waals surface area contributed by atoms with Crippen molar-refractivity contribution in [2.75, 3.05) is 26.4 Å². The van der Waals surface area contributed by atoms with Gasteiger partial charge in [0, 0.05) is 13.2 Å². The number of benzene rings is 2. The van der Waals surface area contributed by atoms with Gasteiger partial charge in [-0.2, -0.15) is 0 Å². The van der Waals surface area contributed by atoms with Crippen molar-refractivity contribution in [1.29, 1.82) is 0 Å². The highest BCUT2D eigenvalue weighted by atomic mass is 127. The number of hydrogen-bond donors (Lipinski definition) is 2. The van der Waals surface area contributed by atoms with Crippen LogP contribution in [0.25, 0.3) is 0 Å². The topological polar surface area (TPSA) is 68.9 Å². The number of ether oxygens (including phenoxy) is 2. The van der Waals surface area contributed by atoms with Gasteiger partial charge in [-0.25, -0.2) is 4.99 Å². The Morgan fingerprint density at radius 1 is 0.963 bits per heavy atom. The predicted molar refractivity (Wildman–Crippen MR) is 121 cm³/mol. The normalized spacial score (nSPS) is 11.1. The average molecular weight is 483 g/mol. The Morgan fingerprint density at radius 2 is 1.67 bits per heavy atom. The predicted octanol–water partition coefficient (Wildman–Crippen LogP) is 3.50. The highest BCUT2D eigenvalue weighted by molar-refractivity contribution is 14.0. The van der Waals surface area contributed by atoms with Crippen LogP contribution in [-0.2, 0) is 29.0 Å². The second-order valence-electron chi connectivity index (χ2n) is 5.93. The van der Waals surface area contributed by atoms with Crippen molar-refractivity contribution in [2.45, 2.75) is 26.5 Å². The molecule has 2 aromatic carbocycles. The van der Waals surface area contributed by atoms with Crippen molar-refractivity contribution in [1.82, 2.24) is 5.32 Å². The zero-order chi connectivity index (χ0) is 18.5. The van der Waals surface area contributed by atoms with E-state index in [-0.39, 0.29) is 24.0 Å². The molecular weight excluding hydrogens is 453 g/mol. The largest absolute Gasteiger partial charge is 0.379 e. The molecule has 6 heteroatoms. The second-order valence-corrected chi connectivity index (χ2v) is 5.93. The Labute approximate surface area is 179 Å². The van der Waals surface area contributed by atoms with E-state index >= 15 is 0 Å². The van der Waals surface area contributed by atoms with Gasteiger partial charge in [-0.3, -0.25) is 0 Å². The zero-order valence-corrected chi connectivity index (χ0v) is 18.2. The van der Waals surface area contributed by atoms with Crippen LogP contribution in [0.1, 0.15) is 23.6 Å². The molecule has 0 saturated heterocycles. The Kier molecular flexibility index (Phi) is 12.5. The molecule has 2 rings (SSSR count). The van der Waals surface area contributed by atoms with Crippen LogP contribution >= 0.6 is 24.0 Å². The lowest BCUT2D eigenvalue weighted by atomic mass is 10.1. The molecule has 0 aliphatic rings. The van der Waals surface area contributed by atoms with Crippen molar-refractivity contribution >= 4 is 29.9 Å². The lowest BCUT2D eigenvalue weighted by Crippen LogP contribution is -2.33. The Balaban J connectivity index is 0.00000364. The third-order valence-corrected chi connectivity index (χ3v) is 3.83. The maximum atomic E-state index is 5.95. The molecule has 0 radical (unpaired) electrons. The summed E-state index contributed by atoms with van der Waals surface area (Å²) in [6.07, 6.45) is 0.922. The van der Waals surface area contributed by atoms with Crippen molar-refractivity contribution in [3.63, 3.8) is 0 Å². The standard InChI is InChI=1S/C21H29N3O2.HI/c1-2-25-13-14-26-17-20-10-6-9-19(15-20)16-24-21(22)23-12-11-18-7-4-3-5-8-18;/h3-10,15H,2,11-14,16-17H2,1H3,(H3,22,23,24);1H. The van der Waals surface area contributed by atoms with Crippen LogP contribution in [0, 0.1) is 0 Å². The van der Waals surface area contributed by atoms with E-state index in [0.29, 0.717) is 32.3 Å². The minimum atomic E-state index is 0. The summed E-state index contributed by atoms with van der Waals surface area (Å²) in [7, 11) is 0. The van der Waals surface area contributed by atoms with Gasteiger partial charge < -0.3 is 20.5 Å².